The van der Waals surface area contributed by atoms with Crippen molar-refractivity contribution in [3.05, 3.63) is 59.2 Å². The Morgan fingerprint density at radius 1 is 1.17 bits per heavy atom. The number of nitrogens with zero attached hydrogens (tertiary/aromatic N) is 2. The minimum absolute atomic E-state index is 0.381. The van der Waals surface area contributed by atoms with Crippen LogP contribution < -0.4 is 10.2 Å². The SMILES string of the molecule is CCCN1CCCc2cc(CN(C(=S)Nc3ccccc3CC)C(C)CC)ccc21. The molecule has 1 atom stereocenters. The van der Waals surface area contributed by atoms with Crippen molar-refractivity contribution in [2.75, 3.05) is 23.3 Å². The molecule has 0 saturated carbocycles. The number of fused-ring (bicyclic) bond motifs is 1. The topological polar surface area (TPSA) is 18.5 Å². The third-order valence-corrected chi connectivity index (χ3v) is 6.57. The molecule has 30 heavy (non-hydrogen) atoms. The zero-order chi connectivity index (χ0) is 21.5. The van der Waals surface area contributed by atoms with Crippen molar-refractivity contribution >= 4 is 28.7 Å². The minimum atomic E-state index is 0.381. The van der Waals surface area contributed by atoms with E-state index in [0.29, 0.717) is 6.04 Å². The van der Waals surface area contributed by atoms with Crippen molar-refractivity contribution in [3.63, 3.8) is 0 Å². The number of rotatable bonds is 8. The molecule has 1 aliphatic rings. The molecular weight excluding hydrogens is 386 g/mol. The second kappa shape index (κ2) is 10.8. The fourth-order valence-electron chi connectivity index (χ4n) is 4.31. The average molecular weight is 424 g/mol. The molecule has 2 aromatic carbocycles. The number of anilines is 2. The van der Waals surface area contributed by atoms with Gasteiger partial charge in [0.2, 0.25) is 0 Å². The van der Waals surface area contributed by atoms with E-state index in [9.17, 15) is 0 Å². The number of hydrogen-bond acceptors (Lipinski definition) is 2. The van der Waals surface area contributed by atoms with Crippen LogP contribution in [0, 0.1) is 0 Å². The van der Waals surface area contributed by atoms with Gasteiger partial charge in [0.1, 0.15) is 0 Å². The minimum Gasteiger partial charge on any atom is -0.371 e. The van der Waals surface area contributed by atoms with E-state index in [4.69, 9.17) is 12.2 Å². The summed E-state index contributed by atoms with van der Waals surface area (Å²) in [5.41, 5.74) is 6.69. The maximum absolute atomic E-state index is 5.89. The summed E-state index contributed by atoms with van der Waals surface area (Å²) < 4.78 is 0. The van der Waals surface area contributed by atoms with E-state index in [-0.39, 0.29) is 0 Å². The van der Waals surface area contributed by atoms with Gasteiger partial charge in [0.15, 0.2) is 5.11 Å². The number of para-hydroxylation sites is 1. The van der Waals surface area contributed by atoms with Crippen LogP contribution in [0.5, 0.6) is 0 Å². The monoisotopic (exact) mass is 423 g/mol. The average Bonchev–Trinajstić information content (AvgIpc) is 2.77. The normalized spacial score (nSPS) is 14.2. The molecule has 1 aliphatic heterocycles. The Balaban J connectivity index is 1.79. The van der Waals surface area contributed by atoms with Crippen molar-refractivity contribution in [1.29, 1.82) is 0 Å². The molecule has 0 bridgehead atoms. The zero-order valence-electron chi connectivity index (χ0n) is 19.1. The maximum Gasteiger partial charge on any atom is 0.173 e. The van der Waals surface area contributed by atoms with Gasteiger partial charge in [-0.1, -0.05) is 51.1 Å². The van der Waals surface area contributed by atoms with E-state index in [1.165, 1.54) is 48.2 Å². The highest BCUT2D eigenvalue weighted by atomic mass is 32.1. The Morgan fingerprint density at radius 3 is 2.70 bits per heavy atom. The lowest BCUT2D eigenvalue weighted by atomic mass is 9.98. The standard InChI is InChI=1S/C26H37N3S/c1-5-16-28-17-10-12-23-18-21(14-15-25(23)28)19-29(20(4)6-2)26(30)27-24-13-9-8-11-22(24)7-3/h8-9,11,13-15,18,20H,5-7,10,12,16-17,19H2,1-4H3,(H,27,30). The number of benzene rings is 2. The molecule has 2 aromatic rings. The van der Waals surface area contributed by atoms with Crippen molar-refractivity contribution in [2.45, 2.75) is 72.4 Å². The van der Waals surface area contributed by atoms with Gasteiger partial charge in [-0.3, -0.25) is 0 Å². The number of hydrogen-bond donors (Lipinski definition) is 1. The highest BCUT2D eigenvalue weighted by Crippen LogP contribution is 2.29. The second-order valence-electron chi connectivity index (χ2n) is 8.38. The fourth-order valence-corrected chi connectivity index (χ4v) is 4.67. The highest BCUT2D eigenvalue weighted by molar-refractivity contribution is 7.80. The lowest BCUT2D eigenvalue weighted by Gasteiger charge is -2.34. The molecule has 1 heterocycles. The number of aryl methyl sites for hydroxylation is 2. The summed E-state index contributed by atoms with van der Waals surface area (Å²) in [6.07, 6.45) is 5.68. The Hall–Kier alpha value is -2.07. The molecule has 0 saturated heterocycles. The van der Waals surface area contributed by atoms with Crippen LogP contribution in [0.1, 0.15) is 63.6 Å². The molecule has 162 valence electrons. The van der Waals surface area contributed by atoms with Gasteiger partial charge in [-0.2, -0.15) is 0 Å². The van der Waals surface area contributed by atoms with Gasteiger partial charge in [-0.05, 0) is 80.1 Å². The van der Waals surface area contributed by atoms with E-state index in [1.54, 1.807) is 0 Å². The molecule has 0 aromatic heterocycles. The maximum atomic E-state index is 5.89. The predicted octanol–water partition coefficient (Wildman–Crippen LogP) is 6.41. The third-order valence-electron chi connectivity index (χ3n) is 6.23. The second-order valence-corrected chi connectivity index (χ2v) is 8.77. The van der Waals surface area contributed by atoms with Crippen LogP contribution in [-0.4, -0.2) is 29.1 Å². The van der Waals surface area contributed by atoms with Crippen molar-refractivity contribution in [2.24, 2.45) is 0 Å². The highest BCUT2D eigenvalue weighted by Gasteiger charge is 2.20. The lowest BCUT2D eigenvalue weighted by Crippen LogP contribution is -2.40. The van der Waals surface area contributed by atoms with Crippen LogP contribution in [0.3, 0.4) is 0 Å². The van der Waals surface area contributed by atoms with E-state index in [0.717, 1.165) is 36.7 Å². The van der Waals surface area contributed by atoms with E-state index in [2.05, 4.69) is 85.3 Å². The third kappa shape index (κ3) is 5.34. The van der Waals surface area contributed by atoms with Gasteiger partial charge in [0, 0.05) is 37.1 Å². The van der Waals surface area contributed by atoms with Crippen LogP contribution in [0.15, 0.2) is 42.5 Å². The smallest absolute Gasteiger partial charge is 0.173 e. The predicted molar refractivity (Wildman–Crippen MR) is 135 cm³/mol. The summed E-state index contributed by atoms with van der Waals surface area (Å²) in [7, 11) is 0. The summed E-state index contributed by atoms with van der Waals surface area (Å²) >= 11 is 5.89. The molecule has 1 N–H and O–H groups in total. The summed E-state index contributed by atoms with van der Waals surface area (Å²) in [4.78, 5) is 4.89. The Morgan fingerprint density at radius 2 is 1.97 bits per heavy atom. The van der Waals surface area contributed by atoms with Crippen molar-refractivity contribution in [1.82, 2.24) is 4.90 Å². The van der Waals surface area contributed by atoms with Crippen LogP contribution >= 0.6 is 12.2 Å². The Bertz CT molecular complexity index is 848. The first-order valence-electron chi connectivity index (χ1n) is 11.6. The molecule has 0 aliphatic carbocycles. The largest absolute Gasteiger partial charge is 0.371 e. The molecule has 1 unspecified atom stereocenters. The molecule has 0 spiro atoms. The van der Waals surface area contributed by atoms with Gasteiger partial charge in [-0.15, -0.1) is 0 Å². The molecular formula is C26H37N3S. The molecule has 0 radical (unpaired) electrons. The summed E-state index contributed by atoms with van der Waals surface area (Å²) in [6, 6.07) is 15.9. The fraction of sp³-hybridized carbons (Fsp3) is 0.500. The first-order valence-corrected chi connectivity index (χ1v) is 12.0. The lowest BCUT2D eigenvalue weighted by molar-refractivity contribution is 0.319. The first-order chi connectivity index (χ1) is 14.6. The molecule has 0 amide bonds. The molecule has 0 fully saturated rings. The number of thiocarbonyl (C=S) groups is 1. The molecule has 3 rings (SSSR count). The van der Waals surface area contributed by atoms with E-state index >= 15 is 0 Å². The van der Waals surface area contributed by atoms with E-state index < -0.39 is 0 Å². The van der Waals surface area contributed by atoms with Crippen molar-refractivity contribution in [3.8, 4) is 0 Å². The molecule has 3 nitrogen and oxygen atoms in total. The quantitative estimate of drug-likeness (QED) is 0.494. The van der Waals surface area contributed by atoms with Crippen LogP contribution in [-0.2, 0) is 19.4 Å². The van der Waals surface area contributed by atoms with Gasteiger partial charge >= 0.3 is 0 Å². The van der Waals surface area contributed by atoms with Gasteiger partial charge in [0.25, 0.3) is 0 Å². The van der Waals surface area contributed by atoms with E-state index in [1.807, 2.05) is 0 Å². The van der Waals surface area contributed by atoms with Gasteiger partial charge in [-0.25, -0.2) is 0 Å². The van der Waals surface area contributed by atoms with Gasteiger partial charge < -0.3 is 15.1 Å². The Kier molecular flexibility index (Phi) is 8.15. The number of nitrogens with one attached hydrogen (secondary N) is 1. The zero-order valence-corrected chi connectivity index (χ0v) is 19.9. The van der Waals surface area contributed by atoms with Crippen LogP contribution in [0.4, 0.5) is 11.4 Å². The van der Waals surface area contributed by atoms with Crippen LogP contribution in [0.2, 0.25) is 0 Å². The first kappa shape index (κ1) is 22.6. The summed E-state index contributed by atoms with van der Waals surface area (Å²) in [5.74, 6) is 0. The van der Waals surface area contributed by atoms with Gasteiger partial charge in [0.05, 0.1) is 0 Å². The van der Waals surface area contributed by atoms with Crippen LogP contribution in [0.25, 0.3) is 0 Å². The molecule has 4 heteroatoms. The summed E-state index contributed by atoms with van der Waals surface area (Å²) in [5, 5.41) is 4.35. The van der Waals surface area contributed by atoms with Crippen molar-refractivity contribution < 1.29 is 0 Å². The Labute approximate surface area is 188 Å². The summed E-state index contributed by atoms with van der Waals surface area (Å²) in [6.45, 7) is 12.1.